The Morgan fingerprint density at radius 1 is 0.200 bits per heavy atom. The Bertz CT molecular complexity index is 1750. The third kappa shape index (κ3) is 3.50. The van der Waals surface area contributed by atoms with E-state index in [1.165, 1.54) is 0 Å². The predicted octanol–water partition coefficient (Wildman–Crippen LogP) is 9.19. The molecular weight excluding hydrogens is 974 g/mol. The zero-order chi connectivity index (χ0) is 48.6. The van der Waals surface area contributed by atoms with E-state index in [1.54, 1.807) is 9.78 Å². The van der Waals surface area contributed by atoms with Crippen molar-refractivity contribution in [2.75, 3.05) is 0 Å². The van der Waals surface area contributed by atoms with Crippen LogP contribution in [0.2, 0.25) is 0 Å². The third-order valence-corrected chi connectivity index (χ3v) is 10.1. The van der Waals surface area contributed by atoms with E-state index in [4.69, 9.17) is 0 Å². The summed E-state index contributed by atoms with van der Waals surface area (Å²) < 4.78 is 494. The van der Waals surface area contributed by atoms with Gasteiger partial charge in [-0.15, -0.1) is 0 Å². The van der Waals surface area contributed by atoms with E-state index in [0.717, 1.165) is 0 Å². The van der Waals surface area contributed by atoms with Crippen molar-refractivity contribution in [3.63, 3.8) is 0 Å². The van der Waals surface area contributed by atoms with Crippen molar-refractivity contribution >= 4 is 11.9 Å². The summed E-state index contributed by atoms with van der Waals surface area (Å²) in [5, 5.41) is 0. The Balaban J connectivity index is 2.10. The summed E-state index contributed by atoms with van der Waals surface area (Å²) in [6.45, 7) is 0. The number of fused-ring (bicyclic) bond motifs is 2. The molecule has 4 aliphatic carbocycles. The fourth-order valence-electron chi connectivity index (χ4n) is 6.67. The first-order chi connectivity index (χ1) is 25.5. The van der Waals surface area contributed by atoms with Crippen molar-refractivity contribution < 1.29 is 169 Å². The summed E-state index contributed by atoms with van der Waals surface area (Å²) >= 11 is 0. The van der Waals surface area contributed by atoms with Crippen molar-refractivity contribution in [1.29, 1.82) is 0 Å². The van der Waals surface area contributed by atoms with E-state index in [-0.39, 0.29) is 0 Å². The van der Waals surface area contributed by atoms with Crippen molar-refractivity contribution in [2.24, 2.45) is 0 Å². The average molecular weight is 974 g/mol. The molecule has 0 aliphatic heterocycles. The first-order valence-electron chi connectivity index (χ1n) is 13.4. The quantitative estimate of drug-likeness (QED) is 0.158. The minimum Gasteiger partial charge on any atom is -0.243 e. The van der Waals surface area contributed by atoms with Gasteiger partial charge in [0.15, 0.2) is 0 Å². The van der Waals surface area contributed by atoms with Gasteiger partial charge in [-0.25, -0.2) is 45.7 Å². The summed E-state index contributed by atoms with van der Waals surface area (Å²) in [6.07, 6.45) is 0. The standard InChI is InChI=1S/C22F34O4/c23-3(5(25)7(27,13(37,38)17(45,46)9(3,29)30)15(41,42)21(53,54)19(49,50)11(5,33)34)1(57)59-60-2(58)4(24)6(26)8(28,14(39,40)18(47,48)10(4,31)32)16(43,44)22(55,56)20(51,52)12(6,35)36. The normalized spacial score (nSPS) is 44.2. The number of carbonyl (C=O) groups is 2. The lowest BCUT2D eigenvalue weighted by molar-refractivity contribution is -0.545. The summed E-state index contributed by atoms with van der Waals surface area (Å²) in [7, 11) is 0. The summed E-state index contributed by atoms with van der Waals surface area (Å²) in [4.78, 5) is 27.3. The van der Waals surface area contributed by atoms with E-state index < -0.39 is 129 Å². The van der Waals surface area contributed by atoms with E-state index in [2.05, 4.69) is 0 Å². The van der Waals surface area contributed by atoms with Crippen molar-refractivity contribution in [3.05, 3.63) is 0 Å². The average Bonchev–Trinajstić information content (AvgIpc) is 3.07. The van der Waals surface area contributed by atoms with Gasteiger partial charge in [0.25, 0.3) is 22.7 Å². The van der Waals surface area contributed by atoms with Crippen LogP contribution in [0.5, 0.6) is 0 Å². The molecule has 4 nitrogen and oxygen atoms in total. The van der Waals surface area contributed by atoms with Gasteiger partial charge in [0, 0.05) is 0 Å². The Morgan fingerprint density at radius 3 is 0.500 bits per heavy atom. The fourth-order valence-corrected chi connectivity index (χ4v) is 6.67. The van der Waals surface area contributed by atoms with Crippen LogP contribution in [0.15, 0.2) is 0 Å². The molecule has 0 aromatic rings. The molecule has 0 radical (unpaired) electrons. The van der Waals surface area contributed by atoms with Crippen LogP contribution in [0.3, 0.4) is 0 Å². The van der Waals surface area contributed by atoms with Gasteiger partial charge < -0.3 is 0 Å². The number of alkyl halides is 34. The zero-order valence-electron chi connectivity index (χ0n) is 25.5. The molecule has 0 N–H and O–H groups in total. The Labute approximate surface area is 298 Å². The number of hydrogen-bond donors (Lipinski definition) is 0. The number of hydrogen-bond acceptors (Lipinski definition) is 4. The largest absolute Gasteiger partial charge is 0.402 e. The van der Waals surface area contributed by atoms with Gasteiger partial charge in [0.2, 0.25) is 0 Å². The minimum absolute atomic E-state index is 1.59. The number of halogens is 34. The second-order valence-corrected chi connectivity index (χ2v) is 12.7. The zero-order valence-corrected chi connectivity index (χ0v) is 25.5. The first kappa shape index (κ1) is 49.2. The van der Waals surface area contributed by atoms with Crippen LogP contribution in [0.1, 0.15) is 0 Å². The monoisotopic (exact) mass is 974 g/mol. The maximum atomic E-state index is 15.7. The van der Waals surface area contributed by atoms with E-state index in [9.17, 15) is 133 Å². The van der Waals surface area contributed by atoms with Gasteiger partial charge in [-0.3, -0.25) is 0 Å². The minimum atomic E-state index is -9.78. The molecular formula is C22F34O4. The molecule has 6 unspecified atom stereocenters. The van der Waals surface area contributed by atoms with Gasteiger partial charge in [-0.1, -0.05) is 0 Å². The molecule has 6 atom stereocenters. The first-order valence-corrected chi connectivity index (χ1v) is 13.4. The summed E-state index contributed by atoms with van der Waals surface area (Å²) in [6, 6.07) is 0. The number of carbonyl (C=O) groups excluding carboxylic acids is 2. The van der Waals surface area contributed by atoms with Crippen LogP contribution in [0.4, 0.5) is 149 Å². The molecule has 0 saturated heterocycles. The van der Waals surface area contributed by atoms with Crippen LogP contribution in [0, 0.1) is 0 Å². The SMILES string of the molecule is O=C(OOC(=O)C1(F)C(F)(F)C(F)(F)C(F)(F)C2(F)C(F)(F)C(F)(F)C(F)(F)C(F)(F)C12F)C1(F)C(F)(F)C(F)(F)C(F)(F)C2(F)C(F)(F)C(F)(F)C(F)(F)C(F)(F)C12F. The smallest absolute Gasteiger partial charge is 0.243 e. The second kappa shape index (κ2) is 10.7. The molecule has 350 valence electrons. The van der Waals surface area contributed by atoms with Gasteiger partial charge in [0.1, 0.15) is 0 Å². The molecule has 4 aliphatic rings. The highest BCUT2D eigenvalue weighted by Gasteiger charge is 3.18. The van der Waals surface area contributed by atoms with Crippen LogP contribution in [-0.2, 0) is 19.4 Å². The molecule has 4 rings (SSSR count). The molecule has 38 heteroatoms. The third-order valence-electron chi connectivity index (χ3n) is 10.1. The Kier molecular flexibility index (Phi) is 8.74. The lowest BCUT2D eigenvalue weighted by Crippen LogP contribution is -3.00. The topological polar surface area (TPSA) is 52.6 Å². The van der Waals surface area contributed by atoms with Crippen molar-refractivity contribution in [3.8, 4) is 0 Å². The van der Waals surface area contributed by atoms with Crippen LogP contribution in [-0.4, -0.2) is 129 Å². The molecule has 0 bridgehead atoms. The molecule has 0 aromatic carbocycles. The maximum Gasteiger partial charge on any atom is 0.402 e. The summed E-state index contributed by atoms with van der Waals surface area (Å²) in [5.74, 6) is -142. The number of rotatable bonds is 2. The van der Waals surface area contributed by atoms with E-state index in [0.29, 0.717) is 0 Å². The van der Waals surface area contributed by atoms with Crippen LogP contribution >= 0.6 is 0 Å². The molecule has 0 aromatic heterocycles. The highest BCUT2D eigenvalue weighted by Crippen LogP contribution is 2.83. The highest BCUT2D eigenvalue weighted by molar-refractivity contribution is 5.88. The van der Waals surface area contributed by atoms with Gasteiger partial charge in [-0.05, 0) is 0 Å². The van der Waals surface area contributed by atoms with Crippen molar-refractivity contribution in [2.45, 2.75) is 117 Å². The molecule has 4 saturated carbocycles. The molecule has 4 fully saturated rings. The van der Waals surface area contributed by atoms with Gasteiger partial charge in [0.05, 0.1) is 0 Å². The molecule has 0 amide bonds. The highest BCUT2D eigenvalue weighted by atomic mass is 19.4. The lowest BCUT2D eigenvalue weighted by Gasteiger charge is -2.64. The second-order valence-electron chi connectivity index (χ2n) is 12.7. The predicted molar refractivity (Wildman–Crippen MR) is 104 cm³/mol. The fraction of sp³-hybridized carbons (Fsp3) is 0.909. The van der Waals surface area contributed by atoms with E-state index >= 15 is 26.3 Å². The van der Waals surface area contributed by atoms with Crippen LogP contribution < -0.4 is 0 Å². The summed E-state index contributed by atoms with van der Waals surface area (Å²) in [5.41, 5.74) is -57.8. The maximum absolute atomic E-state index is 15.7. The molecule has 0 spiro atoms. The van der Waals surface area contributed by atoms with E-state index in [1.807, 2.05) is 0 Å². The van der Waals surface area contributed by atoms with Gasteiger partial charge in [-0.2, -0.15) is 123 Å². The lowest BCUT2D eigenvalue weighted by atomic mass is 9.50. The molecule has 60 heavy (non-hydrogen) atoms. The van der Waals surface area contributed by atoms with Gasteiger partial charge >= 0.3 is 106 Å². The Hall–Kier alpha value is -3.44. The van der Waals surface area contributed by atoms with Crippen LogP contribution in [0.25, 0.3) is 0 Å². The van der Waals surface area contributed by atoms with Crippen molar-refractivity contribution in [1.82, 2.24) is 0 Å². The Morgan fingerprint density at radius 2 is 0.333 bits per heavy atom. The molecule has 0 heterocycles.